The number of pyridine rings is 2. The van der Waals surface area contributed by atoms with Crippen LogP contribution in [-0.2, 0) is 10.0 Å². The number of rotatable bonds is 4. The highest BCUT2D eigenvalue weighted by atomic mass is 32.2. The standard InChI is InChI=1S/C17H15N5O2S.C7H5FN2/c1-13-5-3-4-6-16(13)25(23,24)21(2)20-11-15-10-19-17-8-7-14(9-18)12-22(15)17;8-6-1-2-7-9-3-4-10(7)5-6/h3-8,10-12H,1-2H3;1-5H. The number of nitriles is 1. The zero-order valence-corrected chi connectivity index (χ0v) is 19.6. The van der Waals surface area contributed by atoms with E-state index in [-0.39, 0.29) is 10.7 Å². The van der Waals surface area contributed by atoms with Gasteiger partial charge in [-0.2, -0.15) is 23.2 Å². The number of hydrogen-bond acceptors (Lipinski definition) is 6. The molecule has 176 valence electrons. The van der Waals surface area contributed by atoms with Crippen molar-refractivity contribution >= 4 is 27.5 Å². The second kappa shape index (κ2) is 9.74. The van der Waals surface area contributed by atoms with E-state index < -0.39 is 10.0 Å². The maximum Gasteiger partial charge on any atom is 0.279 e. The fourth-order valence-electron chi connectivity index (χ4n) is 3.24. The minimum Gasteiger partial charge on any atom is -0.304 e. The fourth-order valence-corrected chi connectivity index (χ4v) is 4.43. The average Bonchev–Trinajstić information content (AvgIpc) is 3.49. The Morgan fingerprint density at radius 1 is 1.09 bits per heavy atom. The number of halogens is 1. The van der Waals surface area contributed by atoms with Crippen molar-refractivity contribution in [2.24, 2.45) is 5.10 Å². The van der Waals surface area contributed by atoms with Crippen LogP contribution in [0.2, 0.25) is 0 Å². The smallest absolute Gasteiger partial charge is 0.279 e. The molecule has 5 rings (SSSR count). The molecule has 9 nitrogen and oxygen atoms in total. The van der Waals surface area contributed by atoms with Gasteiger partial charge >= 0.3 is 0 Å². The molecule has 11 heteroatoms. The summed E-state index contributed by atoms with van der Waals surface area (Å²) >= 11 is 0. The molecule has 5 aromatic rings. The predicted octanol–water partition coefficient (Wildman–Crippen LogP) is 3.64. The summed E-state index contributed by atoms with van der Waals surface area (Å²) in [5, 5.41) is 13.0. The molecule has 35 heavy (non-hydrogen) atoms. The van der Waals surface area contributed by atoms with Crippen LogP contribution >= 0.6 is 0 Å². The first-order valence-corrected chi connectivity index (χ1v) is 11.8. The van der Waals surface area contributed by atoms with Crippen molar-refractivity contribution in [1.29, 1.82) is 5.26 Å². The maximum atomic E-state index is 12.6. The minimum absolute atomic E-state index is 0.208. The highest BCUT2D eigenvalue weighted by Crippen LogP contribution is 2.18. The summed E-state index contributed by atoms with van der Waals surface area (Å²) in [5.74, 6) is -0.245. The lowest BCUT2D eigenvalue weighted by Gasteiger charge is -2.15. The first-order valence-electron chi connectivity index (χ1n) is 10.3. The molecular weight excluding hydrogens is 469 g/mol. The number of hydrazone groups is 1. The van der Waals surface area contributed by atoms with Crippen molar-refractivity contribution in [2.75, 3.05) is 7.05 Å². The van der Waals surface area contributed by atoms with Gasteiger partial charge in [0.1, 0.15) is 23.2 Å². The number of fused-ring (bicyclic) bond motifs is 2. The highest BCUT2D eigenvalue weighted by molar-refractivity contribution is 7.89. The Morgan fingerprint density at radius 2 is 1.86 bits per heavy atom. The van der Waals surface area contributed by atoms with Crippen molar-refractivity contribution < 1.29 is 12.8 Å². The molecule has 0 saturated heterocycles. The van der Waals surface area contributed by atoms with Gasteiger partial charge in [0, 0.05) is 31.8 Å². The molecule has 0 saturated carbocycles. The second-order valence-corrected chi connectivity index (χ2v) is 9.35. The Morgan fingerprint density at radius 3 is 2.63 bits per heavy atom. The molecule has 0 spiro atoms. The van der Waals surface area contributed by atoms with Crippen molar-refractivity contribution in [3.05, 3.63) is 102 Å². The number of aryl methyl sites for hydroxylation is 1. The van der Waals surface area contributed by atoms with E-state index in [0.717, 1.165) is 10.1 Å². The molecule has 0 bridgehead atoms. The number of sulfonamides is 1. The molecule has 4 heterocycles. The van der Waals surface area contributed by atoms with E-state index in [4.69, 9.17) is 5.26 Å². The zero-order chi connectivity index (χ0) is 25.0. The Hall–Kier alpha value is -4.56. The topological polar surface area (TPSA) is 108 Å². The van der Waals surface area contributed by atoms with E-state index in [2.05, 4.69) is 21.1 Å². The van der Waals surface area contributed by atoms with Crippen molar-refractivity contribution in [3.63, 3.8) is 0 Å². The van der Waals surface area contributed by atoms with Gasteiger partial charge in [-0.25, -0.2) is 14.4 Å². The number of benzene rings is 1. The Kier molecular flexibility index (Phi) is 6.57. The first kappa shape index (κ1) is 23.6. The molecule has 0 amide bonds. The average molecular weight is 490 g/mol. The number of aromatic nitrogens is 4. The van der Waals surface area contributed by atoms with Gasteiger partial charge in [0.05, 0.1) is 28.6 Å². The Balaban J connectivity index is 0.000000239. The molecule has 0 fully saturated rings. The molecule has 0 unspecified atom stereocenters. The van der Waals surface area contributed by atoms with Crippen molar-refractivity contribution in [3.8, 4) is 6.07 Å². The summed E-state index contributed by atoms with van der Waals surface area (Å²) in [6.45, 7) is 1.73. The van der Waals surface area contributed by atoms with E-state index >= 15 is 0 Å². The van der Waals surface area contributed by atoms with Crippen molar-refractivity contribution in [2.45, 2.75) is 11.8 Å². The normalized spacial score (nSPS) is 11.4. The number of nitrogens with zero attached hydrogens (tertiary/aromatic N) is 7. The Labute approximate surface area is 201 Å². The summed E-state index contributed by atoms with van der Waals surface area (Å²) in [5.41, 5.74) is 3.10. The maximum absolute atomic E-state index is 12.6. The van der Waals surface area contributed by atoms with Gasteiger partial charge in [0.25, 0.3) is 10.0 Å². The first-order chi connectivity index (χ1) is 16.8. The van der Waals surface area contributed by atoms with Crippen LogP contribution in [0.3, 0.4) is 0 Å². The summed E-state index contributed by atoms with van der Waals surface area (Å²) < 4.78 is 41.9. The van der Waals surface area contributed by atoms with E-state index in [9.17, 15) is 12.8 Å². The fraction of sp³-hybridized carbons (Fsp3) is 0.0833. The summed E-state index contributed by atoms with van der Waals surface area (Å²) in [6.07, 6.45) is 9.32. The van der Waals surface area contributed by atoms with Crippen LogP contribution in [0.5, 0.6) is 0 Å². The van der Waals surface area contributed by atoms with Gasteiger partial charge in [0.15, 0.2) is 0 Å². The van der Waals surface area contributed by atoms with Gasteiger partial charge in [-0.1, -0.05) is 18.2 Å². The van der Waals surface area contributed by atoms with Crippen LogP contribution in [0.4, 0.5) is 4.39 Å². The lowest BCUT2D eigenvalue weighted by Crippen LogP contribution is -2.22. The van der Waals surface area contributed by atoms with E-state index in [1.807, 2.05) is 0 Å². The van der Waals surface area contributed by atoms with Gasteiger partial charge in [-0.3, -0.25) is 4.40 Å². The molecular formula is C24H20FN7O2S. The largest absolute Gasteiger partial charge is 0.304 e. The third-order valence-electron chi connectivity index (χ3n) is 5.09. The molecule has 0 N–H and O–H groups in total. The third kappa shape index (κ3) is 5.02. The van der Waals surface area contributed by atoms with Gasteiger partial charge < -0.3 is 4.40 Å². The molecule has 4 aromatic heterocycles. The minimum atomic E-state index is -3.74. The van der Waals surface area contributed by atoms with E-state index in [1.54, 1.807) is 83.0 Å². The van der Waals surface area contributed by atoms with Gasteiger partial charge in [-0.15, -0.1) is 0 Å². The summed E-state index contributed by atoms with van der Waals surface area (Å²) in [7, 11) is -2.36. The zero-order valence-electron chi connectivity index (χ0n) is 18.8. The molecule has 0 radical (unpaired) electrons. The molecule has 0 atom stereocenters. The summed E-state index contributed by atoms with van der Waals surface area (Å²) in [6, 6.07) is 15.2. The molecule has 1 aromatic carbocycles. The van der Waals surface area contributed by atoms with E-state index in [1.165, 1.54) is 25.5 Å². The van der Waals surface area contributed by atoms with Crippen LogP contribution < -0.4 is 0 Å². The monoisotopic (exact) mass is 489 g/mol. The highest BCUT2D eigenvalue weighted by Gasteiger charge is 2.21. The lowest BCUT2D eigenvalue weighted by atomic mass is 10.2. The predicted molar refractivity (Wildman–Crippen MR) is 129 cm³/mol. The summed E-state index contributed by atoms with van der Waals surface area (Å²) in [4.78, 5) is 8.36. The quantitative estimate of drug-likeness (QED) is 0.283. The SMILES string of the molecule is Cc1ccccc1S(=O)(=O)N(C)N=Cc1cnc2ccc(C#N)cn12.Fc1ccc2nccn2c1. The number of hydrogen-bond donors (Lipinski definition) is 0. The second-order valence-electron chi connectivity index (χ2n) is 7.43. The van der Waals surface area contributed by atoms with Crippen molar-refractivity contribution in [1.82, 2.24) is 23.2 Å². The van der Waals surface area contributed by atoms with Crippen LogP contribution in [0, 0.1) is 24.1 Å². The Bertz CT molecular complexity index is 1680. The molecule has 0 aliphatic rings. The van der Waals surface area contributed by atoms with Crippen LogP contribution in [0.25, 0.3) is 11.3 Å². The lowest BCUT2D eigenvalue weighted by molar-refractivity contribution is 0.490. The molecule has 0 aliphatic carbocycles. The van der Waals surface area contributed by atoms with Gasteiger partial charge in [-0.05, 0) is 42.8 Å². The molecule has 0 aliphatic heterocycles. The third-order valence-corrected chi connectivity index (χ3v) is 6.89. The number of imidazole rings is 2. The van der Waals surface area contributed by atoms with Crippen LogP contribution in [0.1, 0.15) is 16.8 Å². The van der Waals surface area contributed by atoms with Gasteiger partial charge in [0.2, 0.25) is 0 Å². The van der Waals surface area contributed by atoms with Crippen LogP contribution in [-0.4, -0.2) is 44.9 Å². The van der Waals surface area contributed by atoms with E-state index in [0.29, 0.717) is 22.5 Å². The van der Waals surface area contributed by atoms with Crippen LogP contribution in [0.15, 0.2) is 89.5 Å².